The zero-order chi connectivity index (χ0) is 17.6. The van der Waals surface area contributed by atoms with E-state index < -0.39 is 0 Å². The van der Waals surface area contributed by atoms with E-state index in [1.165, 1.54) is 5.56 Å². The molecule has 0 aromatic heterocycles. The van der Waals surface area contributed by atoms with Crippen LogP contribution in [0.25, 0.3) is 0 Å². The van der Waals surface area contributed by atoms with E-state index in [-0.39, 0.29) is 5.91 Å². The maximum absolute atomic E-state index is 12.6. The molecule has 3 heteroatoms. The molecule has 2 aromatic rings. The first kappa shape index (κ1) is 17.3. The van der Waals surface area contributed by atoms with Crippen LogP contribution < -0.4 is 5.32 Å². The van der Waals surface area contributed by atoms with Gasteiger partial charge in [-0.05, 0) is 49.3 Å². The number of para-hydroxylation sites is 1. The Labute approximate surface area is 150 Å². The van der Waals surface area contributed by atoms with Crippen LogP contribution in [0.15, 0.2) is 66.9 Å². The molecule has 1 aliphatic heterocycles. The lowest BCUT2D eigenvalue weighted by molar-refractivity contribution is -0.128. The summed E-state index contributed by atoms with van der Waals surface area (Å²) in [6.45, 7) is 7.59. The van der Waals surface area contributed by atoms with E-state index >= 15 is 0 Å². The van der Waals surface area contributed by atoms with Gasteiger partial charge in [0.2, 0.25) is 0 Å². The molecular weight excluding hydrogens is 308 g/mol. The molecule has 0 atom stereocenters. The van der Waals surface area contributed by atoms with Gasteiger partial charge in [0.05, 0.1) is 5.70 Å². The van der Waals surface area contributed by atoms with E-state index in [2.05, 4.69) is 42.2 Å². The molecule has 1 amide bonds. The van der Waals surface area contributed by atoms with Crippen molar-refractivity contribution in [1.29, 1.82) is 0 Å². The smallest absolute Gasteiger partial charge is 0.269 e. The van der Waals surface area contributed by atoms with Crippen molar-refractivity contribution in [2.75, 3.05) is 18.4 Å². The topological polar surface area (TPSA) is 32.3 Å². The molecule has 3 rings (SSSR count). The number of likely N-dealkylation sites (tertiary alicyclic amines) is 1. The van der Waals surface area contributed by atoms with Gasteiger partial charge in [0.15, 0.2) is 0 Å². The highest BCUT2D eigenvalue weighted by atomic mass is 16.2. The average molecular weight is 334 g/mol. The van der Waals surface area contributed by atoms with Crippen LogP contribution in [0.3, 0.4) is 0 Å². The first-order chi connectivity index (χ1) is 12.1. The van der Waals surface area contributed by atoms with Gasteiger partial charge in [-0.25, -0.2) is 0 Å². The van der Waals surface area contributed by atoms with Crippen molar-refractivity contribution in [3.05, 3.63) is 78.0 Å². The lowest BCUT2D eigenvalue weighted by atomic mass is 9.90. The van der Waals surface area contributed by atoms with Gasteiger partial charge >= 0.3 is 0 Å². The summed E-state index contributed by atoms with van der Waals surface area (Å²) in [5.41, 5.74) is 3.89. The molecule has 1 fully saturated rings. The van der Waals surface area contributed by atoms with Crippen LogP contribution in [0.1, 0.15) is 24.0 Å². The van der Waals surface area contributed by atoms with Crippen molar-refractivity contribution in [1.82, 2.24) is 4.90 Å². The monoisotopic (exact) mass is 334 g/mol. The fraction of sp³-hybridized carbons (Fsp3) is 0.318. The third-order valence-corrected chi connectivity index (χ3v) is 4.96. The largest absolute Gasteiger partial charge is 0.351 e. The van der Waals surface area contributed by atoms with Gasteiger partial charge in [-0.3, -0.25) is 4.79 Å². The molecule has 2 aromatic carbocycles. The molecule has 0 aliphatic carbocycles. The van der Waals surface area contributed by atoms with Crippen LogP contribution in [-0.4, -0.2) is 23.9 Å². The third kappa shape index (κ3) is 4.50. The third-order valence-electron chi connectivity index (χ3n) is 4.96. The number of nitrogens with zero attached hydrogens (tertiary/aromatic N) is 1. The second kappa shape index (κ2) is 8.02. The van der Waals surface area contributed by atoms with Gasteiger partial charge in [-0.15, -0.1) is 0 Å². The Balaban J connectivity index is 1.51. The number of nitrogens with one attached hydrogen (secondary N) is 1. The van der Waals surface area contributed by atoms with E-state index in [4.69, 9.17) is 0 Å². The molecule has 0 spiro atoms. The summed E-state index contributed by atoms with van der Waals surface area (Å²) in [6, 6.07) is 18.6. The fourth-order valence-corrected chi connectivity index (χ4v) is 3.41. The van der Waals surface area contributed by atoms with E-state index in [0.717, 1.165) is 43.6 Å². The van der Waals surface area contributed by atoms with Gasteiger partial charge in [0.1, 0.15) is 0 Å². The molecule has 1 aliphatic rings. The Hall–Kier alpha value is -2.55. The van der Waals surface area contributed by atoms with Gasteiger partial charge in [0, 0.05) is 18.8 Å². The Morgan fingerprint density at radius 1 is 1.08 bits per heavy atom. The quantitative estimate of drug-likeness (QED) is 0.822. The number of piperidine rings is 1. The molecule has 0 radical (unpaired) electrons. The highest BCUT2D eigenvalue weighted by Crippen LogP contribution is 2.23. The van der Waals surface area contributed by atoms with Crippen LogP contribution in [0.4, 0.5) is 5.69 Å². The zero-order valence-electron chi connectivity index (χ0n) is 14.9. The fourth-order valence-electron chi connectivity index (χ4n) is 3.41. The number of carbonyl (C=O) groups excluding carboxylic acids is 1. The van der Waals surface area contributed by atoms with Crippen LogP contribution in [0.5, 0.6) is 0 Å². The number of hydrogen-bond acceptors (Lipinski definition) is 2. The predicted molar refractivity (Wildman–Crippen MR) is 103 cm³/mol. The van der Waals surface area contributed by atoms with Crippen molar-refractivity contribution in [3.8, 4) is 0 Å². The highest BCUT2D eigenvalue weighted by molar-refractivity contribution is 5.95. The minimum absolute atomic E-state index is 0.0152. The lowest BCUT2D eigenvalue weighted by Crippen LogP contribution is -2.40. The summed E-state index contributed by atoms with van der Waals surface area (Å²) >= 11 is 0. The van der Waals surface area contributed by atoms with Gasteiger partial charge in [-0.2, -0.15) is 0 Å². The first-order valence-corrected chi connectivity index (χ1v) is 8.98. The van der Waals surface area contributed by atoms with Crippen molar-refractivity contribution in [2.45, 2.75) is 26.2 Å². The standard InChI is InChI=1S/C22H26N2O/c1-17-8-6-7-11-21(17)23-18(2)22(25)24-14-12-20(13-15-24)16-19-9-4-3-5-10-19/h3-11,20,23H,2,12-16H2,1H3. The number of anilines is 1. The van der Waals surface area contributed by atoms with E-state index in [1.54, 1.807) is 0 Å². The molecule has 3 nitrogen and oxygen atoms in total. The summed E-state index contributed by atoms with van der Waals surface area (Å²) < 4.78 is 0. The second-order valence-electron chi connectivity index (χ2n) is 6.84. The van der Waals surface area contributed by atoms with E-state index in [0.29, 0.717) is 11.6 Å². The van der Waals surface area contributed by atoms with Crippen molar-refractivity contribution >= 4 is 11.6 Å². The molecular formula is C22H26N2O. The summed E-state index contributed by atoms with van der Waals surface area (Å²) in [7, 11) is 0. The highest BCUT2D eigenvalue weighted by Gasteiger charge is 2.24. The van der Waals surface area contributed by atoms with E-state index in [1.807, 2.05) is 36.1 Å². The number of rotatable bonds is 5. The predicted octanol–water partition coefficient (Wildman–Crippen LogP) is 4.40. The summed E-state index contributed by atoms with van der Waals surface area (Å²) in [6.07, 6.45) is 3.21. The number of aryl methyl sites for hydroxylation is 1. The SMILES string of the molecule is C=C(Nc1ccccc1C)C(=O)N1CCC(Cc2ccccc2)CC1. The Morgan fingerprint density at radius 2 is 1.72 bits per heavy atom. The maximum atomic E-state index is 12.6. The summed E-state index contributed by atoms with van der Waals surface area (Å²) in [4.78, 5) is 14.6. The van der Waals surface area contributed by atoms with Crippen molar-refractivity contribution < 1.29 is 4.79 Å². The molecule has 1 heterocycles. The normalized spacial score (nSPS) is 15.0. The zero-order valence-corrected chi connectivity index (χ0v) is 14.9. The number of benzene rings is 2. The first-order valence-electron chi connectivity index (χ1n) is 8.98. The summed E-state index contributed by atoms with van der Waals surface area (Å²) in [5, 5.41) is 3.17. The Bertz CT molecular complexity index is 731. The second-order valence-corrected chi connectivity index (χ2v) is 6.84. The van der Waals surface area contributed by atoms with Crippen LogP contribution in [0, 0.1) is 12.8 Å². The minimum Gasteiger partial charge on any atom is -0.351 e. The van der Waals surface area contributed by atoms with E-state index in [9.17, 15) is 4.79 Å². The number of amides is 1. The van der Waals surface area contributed by atoms with Gasteiger partial charge < -0.3 is 10.2 Å². The molecule has 0 unspecified atom stereocenters. The van der Waals surface area contributed by atoms with Gasteiger partial charge in [0.25, 0.3) is 5.91 Å². The minimum atomic E-state index is 0.0152. The number of hydrogen-bond donors (Lipinski definition) is 1. The lowest BCUT2D eigenvalue weighted by Gasteiger charge is -2.32. The Kier molecular flexibility index (Phi) is 5.54. The van der Waals surface area contributed by atoms with Gasteiger partial charge in [-0.1, -0.05) is 55.1 Å². The molecule has 130 valence electrons. The Morgan fingerprint density at radius 3 is 2.40 bits per heavy atom. The number of carbonyl (C=O) groups is 1. The maximum Gasteiger partial charge on any atom is 0.269 e. The van der Waals surface area contributed by atoms with Crippen LogP contribution >= 0.6 is 0 Å². The molecule has 0 saturated carbocycles. The van der Waals surface area contributed by atoms with Crippen LogP contribution in [0.2, 0.25) is 0 Å². The average Bonchev–Trinajstić information content (AvgIpc) is 2.64. The van der Waals surface area contributed by atoms with Crippen molar-refractivity contribution in [2.24, 2.45) is 5.92 Å². The molecule has 1 N–H and O–H groups in total. The summed E-state index contributed by atoms with van der Waals surface area (Å²) in [5.74, 6) is 0.672. The van der Waals surface area contributed by atoms with Crippen molar-refractivity contribution in [3.63, 3.8) is 0 Å². The molecule has 25 heavy (non-hydrogen) atoms. The molecule has 1 saturated heterocycles. The molecule has 0 bridgehead atoms. The van der Waals surface area contributed by atoms with Crippen LogP contribution in [-0.2, 0) is 11.2 Å².